The number of fused-ring (bicyclic) bond motifs is 1. The number of benzene rings is 4. The maximum atomic E-state index is 4.14. The van der Waals surface area contributed by atoms with Gasteiger partial charge in [0.1, 0.15) is 0 Å². The van der Waals surface area contributed by atoms with Gasteiger partial charge in [0.05, 0.1) is 11.2 Å². The SMILES string of the molecule is C=Cc1c(/C=C\C)n(-c2ccc(-c3cc(C(C)(C)C)cc(-c4ccccc4)c3CC(C)(C)C)cc2)c2ccccc12. The molecule has 0 fully saturated rings. The third kappa shape index (κ3) is 5.72. The second kappa shape index (κ2) is 11.1. The summed E-state index contributed by atoms with van der Waals surface area (Å²) in [7, 11) is 0. The Morgan fingerprint density at radius 3 is 1.88 bits per heavy atom. The van der Waals surface area contributed by atoms with Crippen LogP contribution in [0.1, 0.15) is 70.9 Å². The average Bonchev–Trinajstić information content (AvgIpc) is 3.25. The molecule has 1 aromatic heterocycles. The molecule has 0 atom stereocenters. The highest BCUT2D eigenvalue weighted by atomic mass is 15.0. The van der Waals surface area contributed by atoms with Gasteiger partial charge in [0.25, 0.3) is 0 Å². The minimum Gasteiger partial charge on any atom is -0.309 e. The van der Waals surface area contributed by atoms with Crippen LogP contribution in [0.4, 0.5) is 0 Å². The highest BCUT2D eigenvalue weighted by molar-refractivity contribution is 5.95. The summed E-state index contributed by atoms with van der Waals surface area (Å²) < 4.78 is 2.35. The van der Waals surface area contributed by atoms with Crippen molar-refractivity contribution in [2.75, 3.05) is 0 Å². The maximum absolute atomic E-state index is 4.14. The Labute approximate surface area is 246 Å². The van der Waals surface area contributed by atoms with Crippen molar-refractivity contribution < 1.29 is 0 Å². The molecule has 0 saturated heterocycles. The van der Waals surface area contributed by atoms with Gasteiger partial charge in [0.2, 0.25) is 0 Å². The molecule has 208 valence electrons. The number of aromatic nitrogens is 1. The van der Waals surface area contributed by atoms with E-state index in [0.29, 0.717) is 0 Å². The normalized spacial score (nSPS) is 12.4. The molecule has 1 heteroatoms. The fraction of sp³-hybridized carbons (Fsp3) is 0.250. The number of hydrogen-bond donors (Lipinski definition) is 0. The summed E-state index contributed by atoms with van der Waals surface area (Å²) in [4.78, 5) is 0. The van der Waals surface area contributed by atoms with Crippen LogP contribution in [0.25, 0.3) is 51.0 Å². The van der Waals surface area contributed by atoms with Crippen molar-refractivity contribution in [3.63, 3.8) is 0 Å². The quantitative estimate of drug-likeness (QED) is 0.203. The van der Waals surface area contributed by atoms with E-state index < -0.39 is 0 Å². The molecule has 0 N–H and O–H groups in total. The van der Waals surface area contributed by atoms with Crippen molar-refractivity contribution in [2.24, 2.45) is 5.41 Å². The first-order valence-corrected chi connectivity index (χ1v) is 14.7. The van der Waals surface area contributed by atoms with E-state index in [1.807, 2.05) is 6.08 Å². The lowest BCUT2D eigenvalue weighted by Crippen LogP contribution is -2.15. The molecule has 5 aromatic rings. The molecule has 0 spiro atoms. The Hall–Kier alpha value is -4.10. The fourth-order valence-corrected chi connectivity index (χ4v) is 5.85. The first-order chi connectivity index (χ1) is 19.5. The summed E-state index contributed by atoms with van der Waals surface area (Å²) in [6, 6.07) is 33.5. The number of nitrogens with zero attached hydrogens (tertiary/aromatic N) is 1. The van der Waals surface area contributed by atoms with E-state index in [4.69, 9.17) is 0 Å². The lowest BCUT2D eigenvalue weighted by Gasteiger charge is -2.28. The number of hydrogen-bond acceptors (Lipinski definition) is 0. The van der Waals surface area contributed by atoms with Crippen molar-refractivity contribution >= 4 is 23.1 Å². The molecular weight excluding hydrogens is 494 g/mol. The zero-order valence-corrected chi connectivity index (χ0v) is 25.8. The molecule has 0 amide bonds. The maximum Gasteiger partial charge on any atom is 0.0541 e. The van der Waals surface area contributed by atoms with Crippen LogP contribution in [0.3, 0.4) is 0 Å². The van der Waals surface area contributed by atoms with E-state index in [1.54, 1.807) is 0 Å². The van der Waals surface area contributed by atoms with Gasteiger partial charge in [-0.3, -0.25) is 0 Å². The van der Waals surface area contributed by atoms with Crippen LogP contribution in [0.15, 0.2) is 104 Å². The summed E-state index contributed by atoms with van der Waals surface area (Å²) in [6.07, 6.45) is 7.26. The van der Waals surface area contributed by atoms with E-state index in [9.17, 15) is 0 Å². The molecule has 5 rings (SSSR count). The molecule has 0 aliphatic rings. The summed E-state index contributed by atoms with van der Waals surface area (Å²) >= 11 is 0. The highest BCUT2D eigenvalue weighted by Crippen LogP contribution is 2.41. The minimum atomic E-state index is 0.0328. The molecule has 4 aromatic carbocycles. The van der Waals surface area contributed by atoms with Crippen LogP contribution in [-0.2, 0) is 11.8 Å². The third-order valence-corrected chi connectivity index (χ3v) is 7.82. The monoisotopic (exact) mass is 537 g/mol. The van der Waals surface area contributed by atoms with Gasteiger partial charge in [-0.2, -0.15) is 0 Å². The molecule has 0 bridgehead atoms. The van der Waals surface area contributed by atoms with E-state index in [-0.39, 0.29) is 10.8 Å². The van der Waals surface area contributed by atoms with E-state index in [1.165, 1.54) is 49.8 Å². The third-order valence-electron chi connectivity index (χ3n) is 7.82. The fourth-order valence-electron chi connectivity index (χ4n) is 5.85. The standard InChI is InChI=1S/C40H43N/c1-9-16-37-32(10-2)33-19-14-15-20-38(33)41(37)31-23-21-29(22-24-31)35-26-30(40(6,7)8)25-34(28-17-12-11-13-18-28)36(35)27-39(3,4)5/h9-26H,2,27H2,1,3-8H3/b16-9-. The van der Waals surface area contributed by atoms with Gasteiger partial charge in [-0.1, -0.05) is 133 Å². The van der Waals surface area contributed by atoms with Gasteiger partial charge in [-0.25, -0.2) is 0 Å². The van der Waals surface area contributed by atoms with Gasteiger partial charge in [-0.05, 0) is 81.8 Å². The molecular formula is C40H43N. The average molecular weight is 538 g/mol. The van der Waals surface area contributed by atoms with E-state index in [2.05, 4.69) is 163 Å². The predicted molar refractivity (Wildman–Crippen MR) is 181 cm³/mol. The lowest BCUT2D eigenvalue weighted by molar-refractivity contribution is 0.412. The summed E-state index contributed by atoms with van der Waals surface area (Å²) in [5.41, 5.74) is 12.8. The van der Waals surface area contributed by atoms with Gasteiger partial charge in [0, 0.05) is 16.6 Å². The topological polar surface area (TPSA) is 4.93 Å². The van der Waals surface area contributed by atoms with Crippen molar-refractivity contribution in [3.8, 4) is 27.9 Å². The number of para-hydroxylation sites is 1. The summed E-state index contributed by atoms with van der Waals surface area (Å²) in [5, 5.41) is 1.22. The number of allylic oxidation sites excluding steroid dienone is 1. The highest BCUT2D eigenvalue weighted by Gasteiger charge is 2.24. The van der Waals surface area contributed by atoms with Crippen molar-refractivity contribution in [1.29, 1.82) is 0 Å². The van der Waals surface area contributed by atoms with Crippen molar-refractivity contribution in [1.82, 2.24) is 4.57 Å². The molecule has 41 heavy (non-hydrogen) atoms. The van der Waals surface area contributed by atoms with Gasteiger partial charge < -0.3 is 4.57 Å². The Bertz CT molecular complexity index is 1710. The van der Waals surface area contributed by atoms with Crippen LogP contribution in [0, 0.1) is 5.41 Å². The minimum absolute atomic E-state index is 0.0328. The van der Waals surface area contributed by atoms with Gasteiger partial charge >= 0.3 is 0 Å². The van der Waals surface area contributed by atoms with Crippen LogP contribution in [0.5, 0.6) is 0 Å². The van der Waals surface area contributed by atoms with Crippen molar-refractivity contribution in [3.05, 3.63) is 126 Å². The predicted octanol–water partition coefficient (Wildman–Crippen LogP) is 11.5. The number of rotatable bonds is 6. The molecule has 0 radical (unpaired) electrons. The molecule has 0 unspecified atom stereocenters. The van der Waals surface area contributed by atoms with Crippen LogP contribution < -0.4 is 0 Å². The van der Waals surface area contributed by atoms with E-state index in [0.717, 1.165) is 17.8 Å². The Balaban J connectivity index is 1.74. The Kier molecular flexibility index (Phi) is 7.66. The zero-order valence-electron chi connectivity index (χ0n) is 25.8. The first kappa shape index (κ1) is 28.4. The Morgan fingerprint density at radius 1 is 0.732 bits per heavy atom. The van der Waals surface area contributed by atoms with Crippen LogP contribution in [0.2, 0.25) is 0 Å². The van der Waals surface area contributed by atoms with Gasteiger partial charge in [0.15, 0.2) is 0 Å². The molecule has 0 saturated carbocycles. The van der Waals surface area contributed by atoms with Crippen molar-refractivity contribution in [2.45, 2.75) is 60.3 Å². The smallest absolute Gasteiger partial charge is 0.0541 e. The first-order valence-electron chi connectivity index (χ1n) is 14.7. The summed E-state index contributed by atoms with van der Waals surface area (Å²) in [6.45, 7) is 20.1. The lowest BCUT2D eigenvalue weighted by atomic mass is 9.77. The summed E-state index contributed by atoms with van der Waals surface area (Å²) in [5.74, 6) is 0. The molecule has 0 aliphatic heterocycles. The molecule has 1 heterocycles. The Morgan fingerprint density at radius 2 is 1.32 bits per heavy atom. The molecule has 0 aliphatic carbocycles. The second-order valence-corrected chi connectivity index (χ2v) is 13.3. The zero-order chi connectivity index (χ0) is 29.4. The van der Waals surface area contributed by atoms with Gasteiger partial charge in [-0.15, -0.1) is 0 Å². The van der Waals surface area contributed by atoms with Crippen LogP contribution in [-0.4, -0.2) is 4.57 Å². The van der Waals surface area contributed by atoms with Crippen LogP contribution >= 0.6 is 0 Å². The van der Waals surface area contributed by atoms with E-state index >= 15 is 0 Å². The second-order valence-electron chi connectivity index (χ2n) is 13.3. The largest absolute Gasteiger partial charge is 0.309 e. The molecule has 1 nitrogen and oxygen atoms in total.